The van der Waals surface area contributed by atoms with Gasteiger partial charge in [0, 0.05) is 12.7 Å². The van der Waals surface area contributed by atoms with E-state index in [-0.39, 0.29) is 70.6 Å². The zero-order valence-electron chi connectivity index (χ0n) is 13.1. The Morgan fingerprint density at radius 1 is 0.783 bits per heavy atom. The van der Waals surface area contributed by atoms with Crippen molar-refractivity contribution >= 4 is 17.0 Å². The molecule has 0 aliphatic rings. The molecule has 23 heavy (non-hydrogen) atoms. The van der Waals surface area contributed by atoms with Crippen LogP contribution in [0.4, 0.5) is 5.69 Å². The van der Waals surface area contributed by atoms with E-state index in [2.05, 4.69) is 5.32 Å². The molecule has 2 rings (SSSR count). The van der Waals surface area contributed by atoms with Crippen LogP contribution < -0.4 is 64.4 Å². The van der Waals surface area contributed by atoms with Gasteiger partial charge in [-0.15, -0.1) is 11.4 Å². The first kappa shape index (κ1) is 27.6. The molecule has 0 aliphatic heterocycles. The predicted octanol–water partition coefficient (Wildman–Crippen LogP) is -4.46. The smallest absolute Gasteiger partial charge is 0.784 e. The minimum Gasteiger partial charge on any atom is -0.784 e. The molecule has 0 heterocycles. The molecule has 0 amide bonds. The van der Waals surface area contributed by atoms with E-state index in [4.69, 9.17) is 28.6 Å². The number of benzene rings is 2. The number of hydrogen-bond donors (Lipinski definition) is 4. The molecule has 10 heteroatoms. The molecule has 0 fully saturated rings. The van der Waals surface area contributed by atoms with E-state index >= 15 is 0 Å². The van der Waals surface area contributed by atoms with Crippen LogP contribution in [-0.4, -0.2) is 35.7 Å². The molecular formula is C13H15NNa2O6S. The van der Waals surface area contributed by atoms with Gasteiger partial charge in [-0.2, -0.15) is 0 Å². The van der Waals surface area contributed by atoms with Gasteiger partial charge in [-0.1, -0.05) is 0 Å². The standard InChI is InChI=1S/C7H9NO.C6H6O2.2Na.H2O3S/c1-8-6-2-4-7(9)5-3-6;7-5-1-2-6(8)4-3-5;;;1-4(2)3/h2-5,8-9H,1H3;1-4,7-8H;;;(H2,1,2,3)/q;;2*+1;/p-2. The molecule has 2 aromatic rings. The number of phenolic OH excluding ortho intramolecular Hbond substituents is 3. The quantitative estimate of drug-likeness (QED) is 0.229. The monoisotopic (exact) mass is 359 g/mol. The summed E-state index contributed by atoms with van der Waals surface area (Å²) in [6.07, 6.45) is 0. The Balaban J connectivity index is -0.000000267. The summed E-state index contributed by atoms with van der Waals surface area (Å²) in [7, 11) is 1.84. The summed E-state index contributed by atoms with van der Waals surface area (Å²) in [6, 6.07) is 12.6. The van der Waals surface area contributed by atoms with Gasteiger partial charge in [0.15, 0.2) is 0 Å². The van der Waals surface area contributed by atoms with E-state index < -0.39 is 11.4 Å². The molecule has 4 N–H and O–H groups in total. The molecule has 0 saturated heterocycles. The number of nitrogens with one attached hydrogen (secondary N) is 1. The fraction of sp³-hybridized carbons (Fsp3) is 0.0769. The van der Waals surface area contributed by atoms with Gasteiger partial charge >= 0.3 is 59.1 Å². The molecule has 7 nitrogen and oxygen atoms in total. The summed E-state index contributed by atoms with van der Waals surface area (Å²) in [6.45, 7) is 0. The van der Waals surface area contributed by atoms with E-state index in [1.54, 1.807) is 12.1 Å². The molecule has 0 bridgehead atoms. The topological polar surface area (TPSA) is 136 Å². The first-order valence-corrected chi connectivity index (χ1v) is 6.56. The number of aromatic hydroxyl groups is 3. The Labute approximate surface area is 181 Å². The van der Waals surface area contributed by atoms with Crippen molar-refractivity contribution in [2.45, 2.75) is 0 Å². The Morgan fingerprint density at radius 2 is 1.00 bits per heavy atom. The average molecular weight is 359 g/mol. The predicted molar refractivity (Wildman–Crippen MR) is 77.1 cm³/mol. The van der Waals surface area contributed by atoms with E-state index in [0.29, 0.717) is 5.75 Å². The van der Waals surface area contributed by atoms with Crippen LogP contribution in [-0.2, 0) is 11.4 Å². The maximum atomic E-state index is 8.82. The minimum absolute atomic E-state index is 0. The molecule has 0 saturated carbocycles. The van der Waals surface area contributed by atoms with Crippen molar-refractivity contribution in [2.24, 2.45) is 0 Å². The summed E-state index contributed by atoms with van der Waals surface area (Å²) >= 11 is -3.11. The number of hydrogen-bond acceptors (Lipinski definition) is 7. The van der Waals surface area contributed by atoms with E-state index in [9.17, 15) is 0 Å². The van der Waals surface area contributed by atoms with Gasteiger partial charge < -0.3 is 29.7 Å². The van der Waals surface area contributed by atoms with Crippen molar-refractivity contribution < 1.29 is 87.7 Å². The van der Waals surface area contributed by atoms with Crippen LogP contribution >= 0.6 is 0 Å². The molecule has 116 valence electrons. The fourth-order valence-corrected chi connectivity index (χ4v) is 1.08. The van der Waals surface area contributed by atoms with Crippen LogP contribution in [0.3, 0.4) is 0 Å². The van der Waals surface area contributed by atoms with Crippen LogP contribution in [0.5, 0.6) is 17.2 Å². The number of rotatable bonds is 1. The maximum Gasteiger partial charge on any atom is 1.00 e. The molecule has 0 unspecified atom stereocenters. The molecule has 2 aromatic carbocycles. The van der Waals surface area contributed by atoms with Crippen molar-refractivity contribution in [1.29, 1.82) is 0 Å². The van der Waals surface area contributed by atoms with E-state index in [0.717, 1.165) is 5.69 Å². The molecule has 0 radical (unpaired) electrons. The van der Waals surface area contributed by atoms with Crippen LogP contribution in [0.15, 0.2) is 48.5 Å². The van der Waals surface area contributed by atoms with Crippen LogP contribution in [0.25, 0.3) is 0 Å². The molecular weight excluding hydrogens is 344 g/mol. The second-order valence-corrected chi connectivity index (χ2v) is 3.93. The third-order valence-corrected chi connectivity index (χ3v) is 2.01. The van der Waals surface area contributed by atoms with Crippen LogP contribution in [0.2, 0.25) is 0 Å². The molecule has 0 atom stereocenters. The van der Waals surface area contributed by atoms with E-state index in [1.165, 1.54) is 24.3 Å². The van der Waals surface area contributed by atoms with Gasteiger partial charge in [0.2, 0.25) is 0 Å². The van der Waals surface area contributed by atoms with Crippen molar-refractivity contribution in [3.8, 4) is 17.2 Å². The zero-order valence-corrected chi connectivity index (χ0v) is 17.9. The van der Waals surface area contributed by atoms with Gasteiger partial charge in [-0.3, -0.25) is 4.21 Å². The summed E-state index contributed by atoms with van der Waals surface area (Å²) < 4.78 is 25.3. The van der Waals surface area contributed by atoms with Gasteiger partial charge in [-0.05, 0) is 48.5 Å². The fourth-order valence-electron chi connectivity index (χ4n) is 1.08. The first-order chi connectivity index (χ1) is 9.85. The summed E-state index contributed by atoms with van der Waals surface area (Å²) in [5.74, 6) is 0.639. The second kappa shape index (κ2) is 16.6. The summed E-state index contributed by atoms with van der Waals surface area (Å²) in [4.78, 5) is 0. The maximum absolute atomic E-state index is 8.82. The van der Waals surface area contributed by atoms with E-state index in [1.807, 2.05) is 19.2 Å². The van der Waals surface area contributed by atoms with Crippen molar-refractivity contribution in [1.82, 2.24) is 0 Å². The normalized spacial score (nSPS) is 8.17. The minimum atomic E-state index is -3.11. The van der Waals surface area contributed by atoms with Crippen LogP contribution in [0, 0.1) is 0 Å². The van der Waals surface area contributed by atoms with Gasteiger partial charge in [0.05, 0.1) is 0 Å². The number of phenols is 3. The number of anilines is 1. The van der Waals surface area contributed by atoms with Gasteiger partial charge in [0.25, 0.3) is 0 Å². The van der Waals surface area contributed by atoms with Crippen molar-refractivity contribution in [2.75, 3.05) is 12.4 Å². The Kier molecular flexibility index (Phi) is 19.8. The second-order valence-electron chi connectivity index (χ2n) is 3.52. The Bertz CT molecular complexity index is 514. The SMILES string of the molecule is CNc1ccc(O)cc1.O=S([O-])[O-].Oc1ccc(O)cc1.[Na+].[Na+]. The first-order valence-electron chi connectivity index (χ1n) is 5.56. The van der Waals surface area contributed by atoms with Gasteiger partial charge in [-0.25, -0.2) is 0 Å². The third kappa shape index (κ3) is 17.9. The molecule has 0 aliphatic carbocycles. The molecule has 0 aromatic heterocycles. The summed E-state index contributed by atoms with van der Waals surface area (Å²) in [5.41, 5.74) is 1.01. The van der Waals surface area contributed by atoms with Crippen molar-refractivity contribution in [3.63, 3.8) is 0 Å². The summed E-state index contributed by atoms with van der Waals surface area (Å²) in [5, 5.41) is 29.1. The largest absolute Gasteiger partial charge is 1.00 e. The Morgan fingerprint density at radius 3 is 1.22 bits per heavy atom. The third-order valence-electron chi connectivity index (χ3n) is 2.01. The molecule has 0 spiro atoms. The van der Waals surface area contributed by atoms with Crippen LogP contribution in [0.1, 0.15) is 0 Å². The van der Waals surface area contributed by atoms with Gasteiger partial charge in [0.1, 0.15) is 17.2 Å². The average Bonchev–Trinajstić information content (AvgIpc) is 2.43. The Hall–Kier alpha value is -0.290. The van der Waals surface area contributed by atoms with Crippen molar-refractivity contribution in [3.05, 3.63) is 48.5 Å². The zero-order chi connectivity index (χ0) is 16.3.